The van der Waals surface area contributed by atoms with Crippen LogP contribution >= 0.6 is 23.2 Å². The molecule has 0 saturated heterocycles. The van der Waals surface area contributed by atoms with E-state index in [0.717, 1.165) is 17.0 Å². The lowest BCUT2D eigenvalue weighted by Gasteiger charge is -2.12. The molecule has 0 aliphatic carbocycles. The molecule has 0 spiro atoms. The fourth-order valence-electron chi connectivity index (χ4n) is 2.65. The average Bonchev–Trinajstić information content (AvgIpc) is 2.97. The predicted molar refractivity (Wildman–Crippen MR) is 97.3 cm³/mol. The van der Waals surface area contributed by atoms with E-state index >= 15 is 0 Å². The van der Waals surface area contributed by atoms with E-state index in [1.807, 2.05) is 34.9 Å². The van der Waals surface area contributed by atoms with E-state index < -0.39 is 11.9 Å². The zero-order chi connectivity index (χ0) is 18.0. The first-order valence-corrected chi connectivity index (χ1v) is 8.38. The highest BCUT2D eigenvalue weighted by molar-refractivity contribution is 6.42. The van der Waals surface area contributed by atoms with Gasteiger partial charge in [0.05, 0.1) is 27.1 Å². The summed E-state index contributed by atoms with van der Waals surface area (Å²) in [6.07, 6.45) is 0.761. The third-order valence-corrected chi connectivity index (χ3v) is 4.63. The van der Waals surface area contributed by atoms with Crippen LogP contribution in [0.1, 0.15) is 12.2 Å². The number of hydrogen-bond acceptors (Lipinski definition) is 4. The number of carbonyl (C=O) groups excluding carboxylic acids is 1. The second-order valence-electron chi connectivity index (χ2n) is 5.58. The van der Waals surface area contributed by atoms with Gasteiger partial charge in [0, 0.05) is 12.1 Å². The van der Waals surface area contributed by atoms with Crippen molar-refractivity contribution >= 4 is 40.1 Å². The number of carbonyl (C=O) groups is 1. The molecule has 2 aromatic carbocycles. The Morgan fingerprint density at radius 2 is 1.92 bits per heavy atom. The predicted octanol–water partition coefficient (Wildman–Crippen LogP) is 3.10. The molecule has 8 heteroatoms. The van der Waals surface area contributed by atoms with Crippen LogP contribution < -0.4 is 11.2 Å². The van der Waals surface area contributed by atoms with Crippen molar-refractivity contribution in [3.8, 4) is 5.69 Å². The molecule has 0 aliphatic rings. The Morgan fingerprint density at radius 1 is 1.24 bits per heavy atom. The van der Waals surface area contributed by atoms with E-state index in [-0.39, 0.29) is 0 Å². The van der Waals surface area contributed by atoms with E-state index in [9.17, 15) is 4.79 Å². The van der Waals surface area contributed by atoms with E-state index in [1.165, 1.54) is 0 Å². The number of imidazole rings is 1. The molecule has 0 saturated carbocycles. The van der Waals surface area contributed by atoms with Gasteiger partial charge in [0.25, 0.3) is 5.91 Å². The van der Waals surface area contributed by atoms with Crippen LogP contribution in [0.2, 0.25) is 10.0 Å². The number of halogens is 2. The fourth-order valence-corrected chi connectivity index (χ4v) is 2.97. The monoisotopic (exact) mass is 378 g/mol. The number of aromatic nitrogens is 2. The summed E-state index contributed by atoms with van der Waals surface area (Å²) in [6, 6.07) is 12.3. The fraction of sp³-hybridized carbons (Fsp3) is 0.176. The summed E-state index contributed by atoms with van der Waals surface area (Å²) in [5, 5.41) is 9.55. The first kappa shape index (κ1) is 17.7. The summed E-state index contributed by atoms with van der Waals surface area (Å²) in [4.78, 5) is 16.0. The molecule has 4 N–H and O–H groups in total. The van der Waals surface area contributed by atoms with Gasteiger partial charge in [0.2, 0.25) is 0 Å². The molecule has 1 unspecified atom stereocenters. The summed E-state index contributed by atoms with van der Waals surface area (Å²) < 4.78 is 1.96. The molecule has 1 atom stereocenters. The third kappa shape index (κ3) is 3.62. The maximum absolute atomic E-state index is 11.4. The second kappa shape index (κ2) is 7.41. The Kier molecular flexibility index (Phi) is 5.24. The first-order chi connectivity index (χ1) is 12.0. The molecule has 0 radical (unpaired) electrons. The largest absolute Gasteiger partial charge is 0.320 e. The van der Waals surface area contributed by atoms with E-state index in [4.69, 9.17) is 34.1 Å². The van der Waals surface area contributed by atoms with Gasteiger partial charge in [-0.25, -0.2) is 10.5 Å². The van der Waals surface area contributed by atoms with Gasteiger partial charge >= 0.3 is 0 Å². The van der Waals surface area contributed by atoms with Gasteiger partial charge in [-0.15, -0.1) is 0 Å². The van der Waals surface area contributed by atoms with Crippen LogP contribution in [-0.2, 0) is 11.2 Å². The Balaban J connectivity index is 2.06. The van der Waals surface area contributed by atoms with Crippen molar-refractivity contribution in [1.29, 1.82) is 0 Å². The molecule has 1 heterocycles. The number of rotatable bonds is 5. The van der Waals surface area contributed by atoms with Crippen molar-refractivity contribution in [2.24, 2.45) is 5.73 Å². The van der Waals surface area contributed by atoms with Gasteiger partial charge in [-0.3, -0.25) is 14.6 Å². The van der Waals surface area contributed by atoms with Crippen molar-refractivity contribution in [3.63, 3.8) is 0 Å². The second-order valence-corrected chi connectivity index (χ2v) is 6.39. The molecule has 0 bridgehead atoms. The Bertz CT molecular complexity index is 912. The normalized spacial score (nSPS) is 12.3. The van der Waals surface area contributed by atoms with Crippen LogP contribution in [-0.4, -0.2) is 26.7 Å². The number of benzene rings is 2. The van der Waals surface area contributed by atoms with Crippen molar-refractivity contribution < 1.29 is 10.0 Å². The molecular formula is C17H16Cl2N4O2. The summed E-state index contributed by atoms with van der Waals surface area (Å²) in [6.45, 7) is 0. The molecule has 1 amide bonds. The zero-order valence-corrected chi connectivity index (χ0v) is 14.6. The molecule has 0 fully saturated rings. The Hall–Kier alpha value is -2.12. The van der Waals surface area contributed by atoms with Gasteiger partial charge in [-0.1, -0.05) is 41.4 Å². The maximum atomic E-state index is 11.4. The minimum Gasteiger partial charge on any atom is -0.320 e. The Morgan fingerprint density at radius 3 is 2.60 bits per heavy atom. The molecular weight excluding hydrogens is 363 g/mol. The average molecular weight is 379 g/mol. The van der Waals surface area contributed by atoms with Crippen molar-refractivity contribution in [3.05, 3.63) is 58.3 Å². The minimum atomic E-state index is -0.832. The lowest BCUT2D eigenvalue weighted by atomic mass is 10.1. The molecule has 1 aromatic heterocycles. The van der Waals surface area contributed by atoms with Crippen LogP contribution in [0.3, 0.4) is 0 Å². The number of nitrogens with two attached hydrogens (primary N) is 1. The highest BCUT2D eigenvalue weighted by atomic mass is 35.5. The summed E-state index contributed by atoms with van der Waals surface area (Å²) in [5.74, 6) is 0.0918. The Labute approximate surface area is 154 Å². The summed E-state index contributed by atoms with van der Waals surface area (Å²) >= 11 is 12.3. The molecule has 6 nitrogen and oxygen atoms in total. The summed E-state index contributed by atoms with van der Waals surface area (Å²) in [7, 11) is 0. The lowest BCUT2D eigenvalue weighted by Crippen LogP contribution is -2.39. The highest BCUT2D eigenvalue weighted by Gasteiger charge is 2.18. The molecule has 3 aromatic rings. The standard InChI is InChI=1S/C17H16Cl2N4O2/c18-11-8-14-15(9-12(11)19)23(10-4-2-1-3-5-10)16(21-14)7-6-13(20)17(24)22-25/h1-5,8-9,13,25H,6-7,20H2,(H,22,24). The van der Waals surface area contributed by atoms with Crippen molar-refractivity contribution in [2.75, 3.05) is 0 Å². The number of amides is 1. The van der Waals surface area contributed by atoms with Crippen LogP contribution in [0, 0.1) is 0 Å². The third-order valence-electron chi connectivity index (χ3n) is 3.91. The van der Waals surface area contributed by atoms with Gasteiger partial charge in [0.15, 0.2) is 0 Å². The van der Waals surface area contributed by atoms with Gasteiger partial charge in [-0.05, 0) is 30.7 Å². The molecule has 130 valence electrons. The number of fused-ring (bicyclic) bond motifs is 1. The van der Waals surface area contributed by atoms with E-state index in [0.29, 0.717) is 28.4 Å². The molecule has 0 aliphatic heterocycles. The number of nitrogens with one attached hydrogen (secondary N) is 1. The molecule has 25 heavy (non-hydrogen) atoms. The minimum absolute atomic E-state index is 0.323. The number of nitrogens with zero attached hydrogens (tertiary/aromatic N) is 2. The maximum Gasteiger partial charge on any atom is 0.260 e. The number of para-hydroxylation sites is 1. The highest BCUT2D eigenvalue weighted by Crippen LogP contribution is 2.30. The topological polar surface area (TPSA) is 93.2 Å². The summed E-state index contributed by atoms with van der Waals surface area (Å²) in [5.41, 5.74) is 9.75. The van der Waals surface area contributed by atoms with Gasteiger partial charge < -0.3 is 5.73 Å². The number of hydroxylamine groups is 1. The van der Waals surface area contributed by atoms with Crippen LogP contribution in [0.4, 0.5) is 0 Å². The van der Waals surface area contributed by atoms with Crippen LogP contribution in [0.25, 0.3) is 16.7 Å². The molecule has 3 rings (SSSR count). The van der Waals surface area contributed by atoms with Gasteiger partial charge in [0.1, 0.15) is 5.82 Å². The van der Waals surface area contributed by atoms with Crippen LogP contribution in [0.15, 0.2) is 42.5 Å². The lowest BCUT2D eigenvalue weighted by molar-refractivity contribution is -0.130. The SMILES string of the molecule is NC(CCc1nc2cc(Cl)c(Cl)cc2n1-c1ccccc1)C(=O)NO. The van der Waals surface area contributed by atoms with Gasteiger partial charge in [-0.2, -0.15) is 0 Å². The number of aryl methyl sites for hydroxylation is 1. The first-order valence-electron chi connectivity index (χ1n) is 7.62. The van der Waals surface area contributed by atoms with Crippen molar-refractivity contribution in [2.45, 2.75) is 18.9 Å². The number of hydrogen-bond donors (Lipinski definition) is 3. The van der Waals surface area contributed by atoms with E-state index in [2.05, 4.69) is 4.98 Å². The van der Waals surface area contributed by atoms with Crippen LogP contribution in [0.5, 0.6) is 0 Å². The van der Waals surface area contributed by atoms with Crippen molar-refractivity contribution in [1.82, 2.24) is 15.0 Å². The zero-order valence-electron chi connectivity index (χ0n) is 13.1. The quantitative estimate of drug-likeness (QED) is 0.469. The smallest absolute Gasteiger partial charge is 0.260 e. The van der Waals surface area contributed by atoms with E-state index in [1.54, 1.807) is 17.6 Å².